The largest absolute Gasteiger partial charge is 0.491 e. The van der Waals surface area contributed by atoms with E-state index in [1.165, 1.54) is 0 Å². The molecule has 0 saturated carbocycles. The lowest BCUT2D eigenvalue weighted by Crippen LogP contribution is -2.40. The van der Waals surface area contributed by atoms with Crippen molar-refractivity contribution in [1.29, 1.82) is 5.26 Å². The van der Waals surface area contributed by atoms with Gasteiger partial charge in [0.15, 0.2) is 0 Å². The molecule has 1 aliphatic rings. The Hall–Kier alpha value is -2.43. The van der Waals surface area contributed by atoms with Crippen LogP contribution in [-0.2, 0) is 13.0 Å². The Morgan fingerprint density at radius 1 is 1.36 bits per heavy atom. The van der Waals surface area contributed by atoms with E-state index in [4.69, 9.17) is 10.00 Å². The maximum absolute atomic E-state index is 10.3. The van der Waals surface area contributed by atoms with Crippen molar-refractivity contribution in [3.63, 3.8) is 0 Å². The summed E-state index contributed by atoms with van der Waals surface area (Å²) in [5, 5.41) is 23.1. The minimum atomic E-state index is -0.546. The van der Waals surface area contributed by atoms with Crippen molar-refractivity contribution in [2.24, 2.45) is 0 Å². The molecule has 1 aromatic carbocycles. The van der Waals surface area contributed by atoms with Gasteiger partial charge < -0.3 is 9.84 Å². The maximum Gasteiger partial charge on any atom is 0.137 e. The number of nitrogens with zero attached hydrogens (tertiary/aromatic N) is 5. The summed E-state index contributed by atoms with van der Waals surface area (Å²) in [5.41, 5.74) is 0.961. The van der Waals surface area contributed by atoms with Crippen LogP contribution in [0.3, 0.4) is 0 Å². The van der Waals surface area contributed by atoms with Crippen molar-refractivity contribution in [1.82, 2.24) is 19.7 Å². The van der Waals surface area contributed by atoms with Gasteiger partial charge in [-0.15, -0.1) is 0 Å². The zero-order valence-electron chi connectivity index (χ0n) is 14.2. The number of ether oxygens (including phenoxy) is 1. The molecule has 3 rings (SSSR count). The molecule has 1 N–H and O–H groups in total. The van der Waals surface area contributed by atoms with Crippen molar-refractivity contribution in [3.8, 4) is 11.8 Å². The Labute approximate surface area is 147 Å². The molecule has 7 nitrogen and oxygen atoms in total. The highest BCUT2D eigenvalue weighted by atomic mass is 16.5. The minimum absolute atomic E-state index is 0.254. The van der Waals surface area contributed by atoms with Crippen molar-refractivity contribution in [2.75, 3.05) is 19.7 Å². The molecule has 2 aromatic rings. The second-order valence-corrected chi connectivity index (χ2v) is 6.35. The molecule has 0 radical (unpaired) electrons. The van der Waals surface area contributed by atoms with E-state index in [0.29, 0.717) is 24.8 Å². The molecule has 1 aliphatic heterocycles. The number of aliphatic hydroxyl groups excluding tert-OH is 1. The second-order valence-electron chi connectivity index (χ2n) is 6.35. The zero-order chi connectivity index (χ0) is 17.5. The van der Waals surface area contributed by atoms with Crippen LogP contribution < -0.4 is 4.74 Å². The van der Waals surface area contributed by atoms with Gasteiger partial charge in [0.05, 0.1) is 19.0 Å². The molecule has 7 heteroatoms. The molecule has 1 aromatic heterocycles. The average Bonchev–Trinajstić information content (AvgIpc) is 3.28. The molecule has 2 atom stereocenters. The fraction of sp³-hybridized carbons (Fsp3) is 0.500. The van der Waals surface area contributed by atoms with Crippen molar-refractivity contribution in [2.45, 2.75) is 38.0 Å². The lowest BCUT2D eigenvalue weighted by atomic mass is 10.2. The number of β-amino-alcohol motifs (C(OH)–C–C–N with tert-alkyl or cyclic N) is 1. The predicted octanol–water partition coefficient (Wildman–Crippen LogP) is 1.25. The third-order valence-electron chi connectivity index (χ3n) is 4.46. The zero-order valence-corrected chi connectivity index (χ0v) is 14.2. The van der Waals surface area contributed by atoms with Crippen molar-refractivity contribution < 1.29 is 9.84 Å². The molecule has 0 aliphatic carbocycles. The van der Waals surface area contributed by atoms with E-state index in [9.17, 15) is 5.11 Å². The number of nitriles is 1. The van der Waals surface area contributed by atoms with Gasteiger partial charge in [0.1, 0.15) is 31.1 Å². The Morgan fingerprint density at radius 3 is 2.92 bits per heavy atom. The van der Waals surface area contributed by atoms with E-state index in [2.05, 4.69) is 21.1 Å². The highest BCUT2D eigenvalue weighted by Gasteiger charge is 2.26. The van der Waals surface area contributed by atoms with E-state index >= 15 is 0 Å². The van der Waals surface area contributed by atoms with Crippen molar-refractivity contribution >= 4 is 0 Å². The first kappa shape index (κ1) is 17.4. The predicted molar refractivity (Wildman–Crippen MR) is 91.9 cm³/mol. The molecule has 0 spiro atoms. The normalized spacial score (nSPS) is 18.8. The van der Waals surface area contributed by atoms with Crippen LogP contribution in [0.4, 0.5) is 0 Å². The molecule has 132 valence electrons. The summed E-state index contributed by atoms with van der Waals surface area (Å²) in [6.45, 7) is 2.63. The first-order valence-electron chi connectivity index (χ1n) is 8.58. The topological polar surface area (TPSA) is 87.2 Å². The van der Waals surface area contributed by atoms with Crippen LogP contribution in [0, 0.1) is 11.3 Å². The van der Waals surface area contributed by atoms with Crippen LogP contribution in [0.15, 0.2) is 36.9 Å². The molecule has 2 heterocycles. The fourth-order valence-corrected chi connectivity index (χ4v) is 3.20. The van der Waals surface area contributed by atoms with Gasteiger partial charge in [0.2, 0.25) is 0 Å². The Kier molecular flexibility index (Phi) is 5.99. The van der Waals surface area contributed by atoms with Crippen LogP contribution in [0.2, 0.25) is 0 Å². The SMILES string of the molecule is N#CCc1ccc(OC[C@@H](O)CN2CCC[C@H]2Cn2cncn2)cc1. The first-order valence-corrected chi connectivity index (χ1v) is 8.58. The highest BCUT2D eigenvalue weighted by molar-refractivity contribution is 5.28. The summed E-state index contributed by atoms with van der Waals surface area (Å²) in [4.78, 5) is 6.27. The summed E-state index contributed by atoms with van der Waals surface area (Å²) in [7, 11) is 0. The molecule has 1 saturated heterocycles. The van der Waals surface area contributed by atoms with E-state index in [-0.39, 0.29) is 6.61 Å². The summed E-state index contributed by atoms with van der Waals surface area (Å²) < 4.78 is 7.51. The van der Waals surface area contributed by atoms with Crippen LogP contribution in [0.5, 0.6) is 5.75 Å². The lowest BCUT2D eigenvalue weighted by Gasteiger charge is -2.26. The summed E-state index contributed by atoms with van der Waals surface area (Å²) in [6.07, 6.45) is 5.36. The number of aromatic nitrogens is 3. The van der Waals surface area contributed by atoms with Gasteiger partial charge in [-0.05, 0) is 37.1 Å². The van der Waals surface area contributed by atoms with Crippen LogP contribution in [-0.4, -0.2) is 56.6 Å². The summed E-state index contributed by atoms with van der Waals surface area (Å²) in [5.74, 6) is 0.710. The molecular formula is C18H23N5O2. The molecule has 1 fully saturated rings. The third kappa shape index (κ3) is 5.02. The fourth-order valence-electron chi connectivity index (χ4n) is 3.20. The van der Waals surface area contributed by atoms with Gasteiger partial charge in [-0.1, -0.05) is 12.1 Å². The van der Waals surface area contributed by atoms with E-state index in [0.717, 1.165) is 31.5 Å². The Bertz CT molecular complexity index is 680. The van der Waals surface area contributed by atoms with E-state index < -0.39 is 6.10 Å². The van der Waals surface area contributed by atoms with Gasteiger partial charge in [0.25, 0.3) is 0 Å². The van der Waals surface area contributed by atoms with Crippen LogP contribution >= 0.6 is 0 Å². The van der Waals surface area contributed by atoms with E-state index in [1.54, 1.807) is 12.7 Å². The monoisotopic (exact) mass is 341 g/mol. The molecule has 0 bridgehead atoms. The Balaban J connectivity index is 1.45. The number of benzene rings is 1. The van der Waals surface area contributed by atoms with Crippen LogP contribution in [0.25, 0.3) is 0 Å². The van der Waals surface area contributed by atoms with Gasteiger partial charge >= 0.3 is 0 Å². The standard InChI is InChI=1S/C18H23N5O2/c19-8-7-15-3-5-18(6-4-15)25-12-17(24)11-22-9-1-2-16(22)10-23-14-20-13-21-23/h3-6,13-14,16-17,24H,1-2,7,9-12H2/t16-,17-/m0/s1. The second kappa shape index (κ2) is 8.60. The smallest absolute Gasteiger partial charge is 0.137 e. The molecular weight excluding hydrogens is 318 g/mol. The first-order chi connectivity index (χ1) is 12.2. The maximum atomic E-state index is 10.3. The summed E-state index contributed by atoms with van der Waals surface area (Å²) >= 11 is 0. The quantitative estimate of drug-likeness (QED) is 0.777. The number of hydrogen-bond donors (Lipinski definition) is 1. The summed E-state index contributed by atoms with van der Waals surface area (Å²) in [6, 6.07) is 9.92. The Morgan fingerprint density at radius 2 is 2.20 bits per heavy atom. The molecule has 25 heavy (non-hydrogen) atoms. The minimum Gasteiger partial charge on any atom is -0.491 e. The number of hydrogen-bond acceptors (Lipinski definition) is 6. The average molecular weight is 341 g/mol. The van der Waals surface area contributed by atoms with Gasteiger partial charge in [-0.2, -0.15) is 10.4 Å². The lowest BCUT2D eigenvalue weighted by molar-refractivity contribution is 0.0609. The van der Waals surface area contributed by atoms with Gasteiger partial charge in [-0.25, -0.2) is 4.98 Å². The number of likely N-dealkylation sites (tertiary alicyclic amines) is 1. The molecule has 0 amide bonds. The third-order valence-corrected chi connectivity index (χ3v) is 4.46. The van der Waals surface area contributed by atoms with Crippen molar-refractivity contribution in [3.05, 3.63) is 42.5 Å². The number of rotatable bonds is 8. The van der Waals surface area contributed by atoms with Crippen LogP contribution in [0.1, 0.15) is 18.4 Å². The van der Waals surface area contributed by atoms with Gasteiger partial charge in [0, 0.05) is 12.6 Å². The van der Waals surface area contributed by atoms with Gasteiger partial charge in [-0.3, -0.25) is 9.58 Å². The molecule has 0 unspecified atom stereocenters. The highest BCUT2D eigenvalue weighted by Crippen LogP contribution is 2.19. The van der Waals surface area contributed by atoms with E-state index in [1.807, 2.05) is 28.9 Å². The number of aliphatic hydroxyl groups is 1.